The Balaban J connectivity index is 4.56. The number of methoxy groups -OCH3 is 2. The van der Waals surface area contributed by atoms with Gasteiger partial charge in [0.1, 0.15) is 0 Å². The van der Waals surface area contributed by atoms with Gasteiger partial charge in [-0.3, -0.25) is 19.2 Å². The van der Waals surface area contributed by atoms with E-state index in [0.717, 1.165) is 0 Å². The van der Waals surface area contributed by atoms with Crippen molar-refractivity contribution in [3.8, 4) is 0 Å². The highest BCUT2D eigenvalue weighted by atomic mass is 16.6. The van der Waals surface area contributed by atoms with Gasteiger partial charge in [0.2, 0.25) is 12.2 Å². The van der Waals surface area contributed by atoms with E-state index in [4.69, 9.17) is 9.47 Å². The number of ether oxygens (including phenoxy) is 4. The Morgan fingerprint density at radius 1 is 0.531 bits per heavy atom. The first kappa shape index (κ1) is 28.8. The van der Waals surface area contributed by atoms with Gasteiger partial charge in [0.05, 0.1) is 14.2 Å². The van der Waals surface area contributed by atoms with Gasteiger partial charge in [0.15, 0.2) is 0 Å². The summed E-state index contributed by atoms with van der Waals surface area (Å²) in [6.45, 7) is 0. The Morgan fingerprint density at radius 2 is 0.812 bits per heavy atom. The molecule has 12 heteroatoms. The number of rotatable bonds is 17. The monoisotopic (exact) mass is 462 g/mol. The molecule has 0 spiro atoms. The van der Waals surface area contributed by atoms with Crippen LogP contribution >= 0.6 is 0 Å². The Hall–Kier alpha value is -3.18. The highest BCUT2D eigenvalue weighted by Crippen LogP contribution is 2.13. The third-order valence-electron chi connectivity index (χ3n) is 4.26. The second kappa shape index (κ2) is 16.5. The summed E-state index contributed by atoms with van der Waals surface area (Å²) in [5, 5.41) is 18.5. The highest BCUT2D eigenvalue weighted by molar-refractivity contribution is 5.87. The number of hydrogen-bond acceptors (Lipinski definition) is 10. The molecule has 0 amide bonds. The van der Waals surface area contributed by atoms with Crippen LogP contribution in [0.25, 0.3) is 0 Å². The minimum Gasteiger partial charge on any atom is -0.478 e. The maximum Gasteiger partial charge on any atom is 0.349 e. The summed E-state index contributed by atoms with van der Waals surface area (Å²) in [7, 11) is 2.50. The Kier molecular flexibility index (Phi) is 14.9. The molecule has 0 fully saturated rings. The van der Waals surface area contributed by atoms with Crippen LogP contribution in [0.4, 0.5) is 0 Å². The first-order chi connectivity index (χ1) is 15.1. The van der Waals surface area contributed by atoms with Crippen LogP contribution in [0.1, 0.15) is 64.2 Å². The second-order valence-electron chi connectivity index (χ2n) is 6.77. The molecule has 0 aromatic rings. The van der Waals surface area contributed by atoms with Gasteiger partial charge in [-0.15, -0.1) is 0 Å². The molecule has 2 atom stereocenters. The molecule has 0 aliphatic heterocycles. The Labute approximate surface area is 185 Å². The summed E-state index contributed by atoms with van der Waals surface area (Å²) in [6, 6.07) is 0. The molecule has 0 radical (unpaired) electrons. The fourth-order valence-corrected chi connectivity index (χ4v) is 2.52. The van der Waals surface area contributed by atoms with E-state index in [-0.39, 0.29) is 44.5 Å². The molecular formula is C20H30O12. The molecule has 0 heterocycles. The number of carbonyl (C=O) groups excluding carboxylic acids is 4. The molecule has 0 aliphatic rings. The van der Waals surface area contributed by atoms with Crippen molar-refractivity contribution in [2.45, 2.75) is 76.4 Å². The van der Waals surface area contributed by atoms with Gasteiger partial charge in [-0.25, -0.2) is 9.59 Å². The number of carboxylic acid groups (broad SMARTS) is 2. The molecule has 12 nitrogen and oxygen atoms in total. The van der Waals surface area contributed by atoms with Crippen molar-refractivity contribution in [3.63, 3.8) is 0 Å². The highest BCUT2D eigenvalue weighted by Gasteiger charge is 2.40. The molecule has 32 heavy (non-hydrogen) atoms. The summed E-state index contributed by atoms with van der Waals surface area (Å²) < 4.78 is 18.4. The number of aliphatic carboxylic acids is 2. The SMILES string of the molecule is COC(=O)CCCCCCC(=O)OC(C(=O)O)C(OC(=O)CCCCC(=O)OC)C(=O)O. The second-order valence-corrected chi connectivity index (χ2v) is 6.77. The smallest absolute Gasteiger partial charge is 0.349 e. The maximum atomic E-state index is 11.9. The lowest BCUT2D eigenvalue weighted by Gasteiger charge is -2.21. The molecular weight excluding hydrogens is 432 g/mol. The van der Waals surface area contributed by atoms with E-state index in [9.17, 15) is 39.0 Å². The maximum absolute atomic E-state index is 11.9. The van der Waals surface area contributed by atoms with Crippen LogP contribution in [0.3, 0.4) is 0 Å². The summed E-state index contributed by atoms with van der Waals surface area (Å²) in [6.07, 6.45) is -1.97. The van der Waals surface area contributed by atoms with Gasteiger partial charge in [0, 0.05) is 25.7 Å². The molecule has 0 saturated carbocycles. The predicted octanol–water partition coefficient (Wildman–Crippen LogP) is 1.23. The third kappa shape index (κ3) is 13.2. The zero-order chi connectivity index (χ0) is 24.5. The van der Waals surface area contributed by atoms with Gasteiger partial charge < -0.3 is 29.2 Å². The minimum absolute atomic E-state index is 0.0597. The molecule has 0 bridgehead atoms. The van der Waals surface area contributed by atoms with E-state index < -0.39 is 42.1 Å². The molecule has 0 aromatic carbocycles. The van der Waals surface area contributed by atoms with E-state index >= 15 is 0 Å². The average Bonchev–Trinajstić information content (AvgIpc) is 2.75. The van der Waals surface area contributed by atoms with Crippen LogP contribution < -0.4 is 0 Å². The minimum atomic E-state index is -2.22. The third-order valence-corrected chi connectivity index (χ3v) is 4.26. The largest absolute Gasteiger partial charge is 0.478 e. The topological polar surface area (TPSA) is 180 Å². The van der Waals surface area contributed by atoms with Crippen molar-refractivity contribution in [1.82, 2.24) is 0 Å². The van der Waals surface area contributed by atoms with Crippen LogP contribution in [0, 0.1) is 0 Å². The van der Waals surface area contributed by atoms with Crippen LogP contribution in [0.15, 0.2) is 0 Å². The summed E-state index contributed by atoms with van der Waals surface area (Å²) in [4.78, 5) is 68.6. The molecule has 0 saturated heterocycles. The van der Waals surface area contributed by atoms with E-state index in [0.29, 0.717) is 25.7 Å². The molecule has 0 aliphatic carbocycles. The quantitative estimate of drug-likeness (QED) is 0.179. The summed E-state index contributed by atoms with van der Waals surface area (Å²) in [5.74, 6) is -6.33. The number of unbranched alkanes of at least 4 members (excludes halogenated alkanes) is 4. The Bertz CT molecular complexity index is 657. The predicted molar refractivity (Wildman–Crippen MR) is 105 cm³/mol. The zero-order valence-electron chi connectivity index (χ0n) is 18.2. The van der Waals surface area contributed by atoms with Gasteiger partial charge in [-0.1, -0.05) is 12.8 Å². The normalized spacial score (nSPS) is 12.2. The van der Waals surface area contributed by atoms with Gasteiger partial charge in [-0.05, 0) is 25.7 Å². The van der Waals surface area contributed by atoms with Crippen molar-refractivity contribution in [3.05, 3.63) is 0 Å². The van der Waals surface area contributed by atoms with Crippen LogP contribution in [-0.2, 0) is 47.7 Å². The van der Waals surface area contributed by atoms with Gasteiger partial charge in [0.25, 0.3) is 0 Å². The standard InChI is InChI=1S/C20H30O12/c1-29-13(21)9-5-3-4-6-11-15(23)31-17(19(25)26)18(20(27)28)32-16(24)12-8-7-10-14(22)30-2/h17-18H,3-12H2,1-2H3,(H,25,26)(H,27,28). The Morgan fingerprint density at radius 3 is 1.09 bits per heavy atom. The molecule has 0 aromatic heterocycles. The van der Waals surface area contributed by atoms with E-state index in [1.54, 1.807) is 0 Å². The molecule has 182 valence electrons. The lowest BCUT2D eigenvalue weighted by Crippen LogP contribution is -2.45. The van der Waals surface area contributed by atoms with E-state index in [2.05, 4.69) is 9.47 Å². The van der Waals surface area contributed by atoms with Crippen LogP contribution in [0.5, 0.6) is 0 Å². The van der Waals surface area contributed by atoms with E-state index in [1.165, 1.54) is 14.2 Å². The first-order valence-electron chi connectivity index (χ1n) is 10.1. The van der Waals surface area contributed by atoms with Gasteiger partial charge in [-0.2, -0.15) is 0 Å². The fourth-order valence-electron chi connectivity index (χ4n) is 2.52. The first-order valence-corrected chi connectivity index (χ1v) is 10.1. The average molecular weight is 462 g/mol. The molecule has 2 unspecified atom stereocenters. The number of carbonyl (C=O) groups is 6. The lowest BCUT2D eigenvalue weighted by atomic mass is 10.1. The van der Waals surface area contributed by atoms with Crippen molar-refractivity contribution in [2.75, 3.05) is 14.2 Å². The van der Waals surface area contributed by atoms with Crippen molar-refractivity contribution < 1.29 is 57.9 Å². The summed E-state index contributed by atoms with van der Waals surface area (Å²) in [5.41, 5.74) is 0. The molecule has 2 N–H and O–H groups in total. The number of esters is 4. The molecule has 0 rings (SSSR count). The fraction of sp³-hybridized carbons (Fsp3) is 0.700. The van der Waals surface area contributed by atoms with Crippen LogP contribution in [-0.4, -0.2) is 72.5 Å². The van der Waals surface area contributed by atoms with Crippen molar-refractivity contribution >= 4 is 35.8 Å². The number of hydrogen-bond donors (Lipinski definition) is 2. The lowest BCUT2D eigenvalue weighted by molar-refractivity contribution is -0.187. The van der Waals surface area contributed by atoms with Crippen molar-refractivity contribution in [2.24, 2.45) is 0 Å². The zero-order valence-corrected chi connectivity index (χ0v) is 18.2. The number of carboxylic acids is 2. The van der Waals surface area contributed by atoms with Gasteiger partial charge >= 0.3 is 35.8 Å². The van der Waals surface area contributed by atoms with Crippen LogP contribution in [0.2, 0.25) is 0 Å². The van der Waals surface area contributed by atoms with Crippen molar-refractivity contribution in [1.29, 1.82) is 0 Å². The summed E-state index contributed by atoms with van der Waals surface area (Å²) >= 11 is 0. The van der Waals surface area contributed by atoms with E-state index in [1.807, 2.05) is 0 Å².